The zero-order valence-corrected chi connectivity index (χ0v) is 13.8. The van der Waals surface area contributed by atoms with Gasteiger partial charge in [-0.2, -0.15) is 0 Å². The SMILES string of the molecule is CCc1cc(C(=O)N2CCCC2CCN2CCCC2)cs1. The molecule has 1 amide bonds. The van der Waals surface area contributed by atoms with Gasteiger partial charge in [-0.3, -0.25) is 4.79 Å². The summed E-state index contributed by atoms with van der Waals surface area (Å²) in [6, 6.07) is 2.55. The molecule has 2 aliphatic rings. The van der Waals surface area contributed by atoms with Crippen molar-refractivity contribution in [2.75, 3.05) is 26.2 Å². The second-order valence-corrected chi connectivity index (χ2v) is 7.28. The fraction of sp³-hybridized carbons (Fsp3) is 0.706. The van der Waals surface area contributed by atoms with Crippen LogP contribution in [-0.4, -0.2) is 47.9 Å². The number of hydrogen-bond acceptors (Lipinski definition) is 3. The molecule has 1 aromatic rings. The minimum atomic E-state index is 0.259. The van der Waals surface area contributed by atoms with Crippen LogP contribution in [0.2, 0.25) is 0 Å². The normalized spacial score (nSPS) is 23.1. The highest BCUT2D eigenvalue weighted by Gasteiger charge is 2.30. The maximum absolute atomic E-state index is 12.7. The van der Waals surface area contributed by atoms with Gasteiger partial charge in [-0.25, -0.2) is 0 Å². The number of rotatable bonds is 5. The van der Waals surface area contributed by atoms with E-state index in [0.717, 1.165) is 31.5 Å². The predicted molar refractivity (Wildman–Crippen MR) is 88.0 cm³/mol. The molecule has 0 aromatic carbocycles. The topological polar surface area (TPSA) is 23.6 Å². The van der Waals surface area contributed by atoms with Crippen LogP contribution in [0.1, 0.15) is 54.3 Å². The van der Waals surface area contributed by atoms with Crippen LogP contribution in [0.5, 0.6) is 0 Å². The first-order valence-corrected chi connectivity index (χ1v) is 9.26. The number of amides is 1. The van der Waals surface area contributed by atoms with Crippen molar-refractivity contribution in [3.63, 3.8) is 0 Å². The Labute approximate surface area is 131 Å². The Morgan fingerprint density at radius 1 is 1.29 bits per heavy atom. The van der Waals surface area contributed by atoms with Crippen molar-refractivity contribution in [3.05, 3.63) is 21.9 Å². The number of aryl methyl sites for hydroxylation is 1. The molecule has 0 radical (unpaired) electrons. The molecule has 1 atom stereocenters. The zero-order chi connectivity index (χ0) is 14.7. The average molecular weight is 306 g/mol. The number of carbonyl (C=O) groups excluding carboxylic acids is 1. The van der Waals surface area contributed by atoms with E-state index in [-0.39, 0.29) is 5.91 Å². The van der Waals surface area contributed by atoms with Gasteiger partial charge in [0.05, 0.1) is 5.56 Å². The molecule has 3 heterocycles. The number of carbonyl (C=O) groups is 1. The summed E-state index contributed by atoms with van der Waals surface area (Å²) in [5.41, 5.74) is 0.907. The van der Waals surface area contributed by atoms with Crippen LogP contribution in [0.3, 0.4) is 0 Å². The molecule has 0 saturated carbocycles. The molecule has 0 spiro atoms. The van der Waals surface area contributed by atoms with E-state index >= 15 is 0 Å². The van der Waals surface area contributed by atoms with Gasteiger partial charge in [-0.15, -0.1) is 11.3 Å². The van der Waals surface area contributed by atoms with Crippen LogP contribution in [0.15, 0.2) is 11.4 Å². The molecule has 21 heavy (non-hydrogen) atoms. The average Bonchev–Trinajstić information content (AvgIpc) is 3.23. The zero-order valence-electron chi connectivity index (χ0n) is 13.0. The molecule has 1 aromatic heterocycles. The van der Waals surface area contributed by atoms with E-state index in [1.807, 2.05) is 5.38 Å². The Morgan fingerprint density at radius 3 is 2.81 bits per heavy atom. The number of thiophene rings is 1. The van der Waals surface area contributed by atoms with E-state index in [2.05, 4.69) is 22.8 Å². The Kier molecular flexibility index (Phi) is 4.96. The Morgan fingerprint density at radius 2 is 2.10 bits per heavy atom. The molecule has 0 aliphatic carbocycles. The van der Waals surface area contributed by atoms with E-state index in [1.165, 1.54) is 43.6 Å². The molecule has 116 valence electrons. The molecule has 0 N–H and O–H groups in total. The van der Waals surface area contributed by atoms with Gasteiger partial charge in [0.25, 0.3) is 5.91 Å². The lowest BCUT2D eigenvalue weighted by atomic mass is 10.1. The molecule has 2 saturated heterocycles. The van der Waals surface area contributed by atoms with Gasteiger partial charge >= 0.3 is 0 Å². The van der Waals surface area contributed by atoms with Crippen molar-refractivity contribution in [2.24, 2.45) is 0 Å². The van der Waals surface area contributed by atoms with Crippen LogP contribution < -0.4 is 0 Å². The van der Waals surface area contributed by atoms with E-state index in [0.29, 0.717) is 6.04 Å². The second-order valence-electron chi connectivity index (χ2n) is 6.29. The summed E-state index contributed by atoms with van der Waals surface area (Å²) in [7, 11) is 0. The number of likely N-dealkylation sites (tertiary alicyclic amines) is 2. The summed E-state index contributed by atoms with van der Waals surface area (Å²) in [6.07, 6.45) is 7.22. The second kappa shape index (κ2) is 6.93. The smallest absolute Gasteiger partial charge is 0.254 e. The van der Waals surface area contributed by atoms with E-state index in [9.17, 15) is 4.79 Å². The van der Waals surface area contributed by atoms with Crippen molar-refractivity contribution in [3.8, 4) is 0 Å². The van der Waals surface area contributed by atoms with E-state index in [4.69, 9.17) is 0 Å². The van der Waals surface area contributed by atoms with Crippen LogP contribution in [0.4, 0.5) is 0 Å². The summed E-state index contributed by atoms with van der Waals surface area (Å²) in [5.74, 6) is 0.259. The first kappa shape index (κ1) is 15.0. The molecule has 3 rings (SSSR count). The van der Waals surface area contributed by atoms with Crippen molar-refractivity contribution in [2.45, 2.75) is 51.5 Å². The molecule has 2 fully saturated rings. The third-order valence-corrected chi connectivity index (χ3v) is 5.95. The highest BCUT2D eigenvalue weighted by atomic mass is 32.1. The van der Waals surface area contributed by atoms with Crippen LogP contribution in [-0.2, 0) is 6.42 Å². The standard InChI is InChI=1S/C17H26N2OS/c1-2-16-12-14(13-21-16)17(20)19-10-5-6-15(19)7-11-18-8-3-4-9-18/h12-13,15H,2-11H2,1H3. The van der Waals surface area contributed by atoms with Crippen LogP contribution in [0, 0.1) is 0 Å². The van der Waals surface area contributed by atoms with Crippen LogP contribution >= 0.6 is 11.3 Å². The summed E-state index contributed by atoms with van der Waals surface area (Å²) in [4.78, 5) is 18.7. The summed E-state index contributed by atoms with van der Waals surface area (Å²) in [6.45, 7) is 6.77. The van der Waals surface area contributed by atoms with Gasteiger partial charge in [-0.1, -0.05) is 6.92 Å². The molecular weight excluding hydrogens is 280 g/mol. The fourth-order valence-electron chi connectivity index (χ4n) is 3.59. The maximum Gasteiger partial charge on any atom is 0.254 e. The molecule has 2 aliphatic heterocycles. The lowest BCUT2D eigenvalue weighted by Gasteiger charge is -2.26. The van der Waals surface area contributed by atoms with Gasteiger partial charge in [0.1, 0.15) is 0 Å². The third kappa shape index (κ3) is 3.49. The van der Waals surface area contributed by atoms with E-state index < -0.39 is 0 Å². The monoisotopic (exact) mass is 306 g/mol. The maximum atomic E-state index is 12.7. The minimum Gasteiger partial charge on any atom is -0.336 e. The van der Waals surface area contributed by atoms with Gasteiger partial charge in [0.15, 0.2) is 0 Å². The van der Waals surface area contributed by atoms with Gasteiger partial charge in [-0.05, 0) is 57.7 Å². The van der Waals surface area contributed by atoms with E-state index in [1.54, 1.807) is 11.3 Å². The minimum absolute atomic E-state index is 0.259. The number of nitrogens with zero attached hydrogens (tertiary/aromatic N) is 2. The predicted octanol–water partition coefficient (Wildman–Crippen LogP) is 3.40. The summed E-state index contributed by atoms with van der Waals surface area (Å²) >= 11 is 1.72. The van der Waals surface area contributed by atoms with Crippen molar-refractivity contribution in [1.82, 2.24) is 9.80 Å². The van der Waals surface area contributed by atoms with Gasteiger partial charge in [0, 0.05) is 29.4 Å². The third-order valence-electron chi connectivity index (χ3n) is 4.86. The molecule has 0 bridgehead atoms. The number of hydrogen-bond donors (Lipinski definition) is 0. The summed E-state index contributed by atoms with van der Waals surface area (Å²) in [5, 5.41) is 2.04. The summed E-state index contributed by atoms with van der Waals surface area (Å²) < 4.78 is 0. The Hall–Kier alpha value is -0.870. The van der Waals surface area contributed by atoms with Crippen LogP contribution in [0.25, 0.3) is 0 Å². The lowest BCUT2D eigenvalue weighted by molar-refractivity contribution is 0.0723. The first-order valence-electron chi connectivity index (χ1n) is 8.38. The van der Waals surface area contributed by atoms with Crippen molar-refractivity contribution in [1.29, 1.82) is 0 Å². The van der Waals surface area contributed by atoms with Crippen molar-refractivity contribution < 1.29 is 4.79 Å². The lowest BCUT2D eigenvalue weighted by Crippen LogP contribution is -2.37. The Balaban J connectivity index is 1.58. The van der Waals surface area contributed by atoms with Gasteiger partial charge in [0.2, 0.25) is 0 Å². The molecule has 3 nitrogen and oxygen atoms in total. The highest BCUT2D eigenvalue weighted by Crippen LogP contribution is 2.25. The molecular formula is C17H26N2OS. The molecule has 4 heteroatoms. The molecule has 1 unspecified atom stereocenters. The van der Waals surface area contributed by atoms with Crippen molar-refractivity contribution >= 4 is 17.2 Å². The first-order chi connectivity index (χ1) is 10.3. The highest BCUT2D eigenvalue weighted by molar-refractivity contribution is 7.10. The fourth-order valence-corrected chi connectivity index (χ4v) is 4.39. The van der Waals surface area contributed by atoms with Gasteiger partial charge < -0.3 is 9.80 Å². The largest absolute Gasteiger partial charge is 0.336 e. The quantitative estimate of drug-likeness (QED) is 0.832. The Bertz CT molecular complexity index is 479.